The van der Waals surface area contributed by atoms with Crippen LogP contribution in [0.4, 0.5) is 5.00 Å². The molecule has 2 aliphatic rings. The van der Waals surface area contributed by atoms with Gasteiger partial charge in [-0.05, 0) is 69.4 Å². The van der Waals surface area contributed by atoms with Crippen molar-refractivity contribution in [3.63, 3.8) is 0 Å². The third-order valence-electron chi connectivity index (χ3n) is 6.92. The second-order valence-electron chi connectivity index (χ2n) is 9.29. The average molecular weight is 501 g/mol. The molecule has 9 heteroatoms. The molecule has 1 unspecified atom stereocenters. The summed E-state index contributed by atoms with van der Waals surface area (Å²) in [4.78, 5) is 16.6. The molecule has 34 heavy (non-hydrogen) atoms. The number of nitrogens with zero attached hydrogens (tertiary/aromatic N) is 3. The molecule has 4 rings (SSSR count). The second-order valence-corrected chi connectivity index (χ2v) is 12.3. The maximum absolute atomic E-state index is 13.2. The lowest BCUT2D eigenvalue weighted by molar-refractivity contribution is 0.102. The van der Waals surface area contributed by atoms with Crippen molar-refractivity contribution >= 4 is 32.3 Å². The van der Waals surface area contributed by atoms with Crippen LogP contribution in [0.15, 0.2) is 29.2 Å². The summed E-state index contributed by atoms with van der Waals surface area (Å²) in [6, 6.07) is 8.84. The normalized spacial score (nSPS) is 19.6. The first-order chi connectivity index (χ1) is 16.3. The summed E-state index contributed by atoms with van der Waals surface area (Å²) in [7, 11) is -3.59. The molecule has 1 N–H and O–H groups in total. The van der Waals surface area contributed by atoms with E-state index in [-0.39, 0.29) is 16.8 Å². The monoisotopic (exact) mass is 500 g/mol. The van der Waals surface area contributed by atoms with Crippen molar-refractivity contribution in [1.82, 2.24) is 9.21 Å². The molecule has 1 fully saturated rings. The van der Waals surface area contributed by atoms with Crippen LogP contribution < -0.4 is 5.32 Å². The number of thiophene rings is 1. The molecule has 1 aromatic carbocycles. The predicted molar refractivity (Wildman–Crippen MR) is 135 cm³/mol. The van der Waals surface area contributed by atoms with E-state index in [0.29, 0.717) is 28.7 Å². The van der Waals surface area contributed by atoms with E-state index in [1.807, 2.05) is 6.92 Å². The second kappa shape index (κ2) is 10.2. The maximum atomic E-state index is 13.2. The van der Waals surface area contributed by atoms with Gasteiger partial charge in [-0.1, -0.05) is 13.3 Å². The Morgan fingerprint density at radius 1 is 1.24 bits per heavy atom. The molecule has 0 saturated carbocycles. The number of hydrogen-bond acceptors (Lipinski definition) is 6. The summed E-state index contributed by atoms with van der Waals surface area (Å²) in [5.41, 5.74) is 1.95. The van der Waals surface area contributed by atoms with E-state index in [9.17, 15) is 18.5 Å². The number of sulfonamides is 1. The van der Waals surface area contributed by atoms with E-state index in [1.54, 1.807) is 16.4 Å². The Kier molecular flexibility index (Phi) is 7.43. The van der Waals surface area contributed by atoms with Gasteiger partial charge in [-0.25, -0.2) is 8.42 Å². The Morgan fingerprint density at radius 2 is 1.97 bits per heavy atom. The molecular weight excluding hydrogens is 468 g/mol. The summed E-state index contributed by atoms with van der Waals surface area (Å²) in [5, 5.41) is 13.2. The molecule has 182 valence electrons. The molecule has 2 aromatic rings. The van der Waals surface area contributed by atoms with Crippen LogP contribution in [0.5, 0.6) is 0 Å². The van der Waals surface area contributed by atoms with E-state index < -0.39 is 10.0 Å². The average Bonchev–Trinajstić information content (AvgIpc) is 3.19. The van der Waals surface area contributed by atoms with Crippen LogP contribution in [-0.4, -0.2) is 48.7 Å². The number of carbonyl (C=O) groups is 1. The molecule has 0 radical (unpaired) electrons. The largest absolute Gasteiger partial charge is 0.312 e. The van der Waals surface area contributed by atoms with Gasteiger partial charge in [0.2, 0.25) is 10.0 Å². The predicted octanol–water partition coefficient (Wildman–Crippen LogP) is 4.59. The van der Waals surface area contributed by atoms with Gasteiger partial charge < -0.3 is 5.32 Å². The van der Waals surface area contributed by atoms with Crippen LogP contribution in [0.25, 0.3) is 0 Å². The molecule has 0 aliphatic carbocycles. The number of benzene rings is 1. The summed E-state index contributed by atoms with van der Waals surface area (Å²) in [6.45, 7) is 8.55. The quantitative estimate of drug-likeness (QED) is 0.626. The highest BCUT2D eigenvalue weighted by Crippen LogP contribution is 2.37. The third kappa shape index (κ3) is 4.78. The Labute approximate surface area is 206 Å². The molecule has 1 aromatic heterocycles. The van der Waals surface area contributed by atoms with Gasteiger partial charge in [0.15, 0.2) is 0 Å². The van der Waals surface area contributed by atoms with Crippen LogP contribution in [0, 0.1) is 11.3 Å². The van der Waals surface area contributed by atoms with E-state index in [4.69, 9.17) is 0 Å². The summed E-state index contributed by atoms with van der Waals surface area (Å²) in [6.07, 6.45) is 4.40. The standard InChI is InChI=1S/C25H32N4O3S2/c1-4-19-7-5-6-13-29(19)34(31,32)20-10-8-18(9-11-20)24(30)27-25-22(15-26)21-12-14-28(17(2)3)16-23(21)33-25/h8-11,17,19H,4-7,12-14,16H2,1-3H3,(H,27,30). The molecule has 3 heterocycles. The van der Waals surface area contributed by atoms with E-state index >= 15 is 0 Å². The van der Waals surface area contributed by atoms with Crippen LogP contribution in [0.2, 0.25) is 0 Å². The molecular formula is C25H32N4O3S2. The zero-order valence-corrected chi connectivity index (χ0v) is 21.6. The molecule has 1 atom stereocenters. The van der Waals surface area contributed by atoms with Gasteiger partial charge in [0, 0.05) is 42.2 Å². The SMILES string of the molecule is CCC1CCCCN1S(=O)(=O)c1ccc(C(=O)Nc2sc3c(c2C#N)CCN(C(C)C)C3)cc1. The lowest BCUT2D eigenvalue weighted by Crippen LogP contribution is -2.43. The first-order valence-corrected chi connectivity index (χ1v) is 14.2. The fourth-order valence-electron chi connectivity index (χ4n) is 4.86. The minimum atomic E-state index is -3.59. The Morgan fingerprint density at radius 3 is 2.62 bits per heavy atom. The Bertz CT molecular complexity index is 1200. The van der Waals surface area contributed by atoms with E-state index in [1.165, 1.54) is 23.5 Å². The number of carbonyl (C=O) groups excluding carboxylic acids is 1. The van der Waals surface area contributed by atoms with Gasteiger partial charge in [0.05, 0.1) is 10.5 Å². The van der Waals surface area contributed by atoms with Crippen LogP contribution >= 0.6 is 11.3 Å². The first kappa shape index (κ1) is 24.9. The van der Waals surface area contributed by atoms with Gasteiger partial charge in [-0.15, -0.1) is 11.3 Å². The number of rotatable bonds is 6. The maximum Gasteiger partial charge on any atom is 0.256 e. The van der Waals surface area contributed by atoms with Gasteiger partial charge in [0.25, 0.3) is 5.91 Å². The van der Waals surface area contributed by atoms with Crippen molar-refractivity contribution in [1.29, 1.82) is 5.26 Å². The number of nitriles is 1. The number of nitrogens with one attached hydrogen (secondary N) is 1. The fourth-order valence-corrected chi connectivity index (χ4v) is 7.84. The zero-order valence-electron chi connectivity index (χ0n) is 20.0. The smallest absolute Gasteiger partial charge is 0.256 e. The number of amides is 1. The zero-order chi connectivity index (χ0) is 24.5. The van der Waals surface area contributed by atoms with Gasteiger partial charge in [-0.2, -0.15) is 9.57 Å². The molecule has 1 saturated heterocycles. The van der Waals surface area contributed by atoms with Crippen molar-refractivity contribution < 1.29 is 13.2 Å². The van der Waals surface area contributed by atoms with Crippen molar-refractivity contribution in [2.75, 3.05) is 18.4 Å². The van der Waals surface area contributed by atoms with Crippen molar-refractivity contribution in [2.45, 2.75) is 76.4 Å². The van der Waals surface area contributed by atoms with Gasteiger partial charge in [-0.3, -0.25) is 9.69 Å². The molecule has 2 aliphatic heterocycles. The van der Waals surface area contributed by atoms with Gasteiger partial charge >= 0.3 is 0 Å². The highest BCUT2D eigenvalue weighted by molar-refractivity contribution is 7.89. The number of fused-ring (bicyclic) bond motifs is 1. The fraction of sp³-hybridized carbons (Fsp3) is 0.520. The molecule has 0 spiro atoms. The lowest BCUT2D eigenvalue weighted by Gasteiger charge is -2.34. The summed E-state index contributed by atoms with van der Waals surface area (Å²) < 4.78 is 28.0. The minimum absolute atomic E-state index is 0.0302. The number of hydrogen-bond donors (Lipinski definition) is 1. The van der Waals surface area contributed by atoms with Gasteiger partial charge in [0.1, 0.15) is 11.1 Å². The minimum Gasteiger partial charge on any atom is -0.312 e. The lowest BCUT2D eigenvalue weighted by atomic mass is 10.0. The van der Waals surface area contributed by atoms with Crippen LogP contribution in [-0.2, 0) is 23.0 Å². The van der Waals surface area contributed by atoms with Crippen molar-refractivity contribution in [3.05, 3.63) is 45.8 Å². The van der Waals surface area contributed by atoms with E-state index in [0.717, 1.165) is 55.6 Å². The van der Waals surface area contributed by atoms with Crippen LogP contribution in [0.1, 0.15) is 72.8 Å². The Balaban J connectivity index is 1.52. The molecule has 0 bridgehead atoms. The van der Waals surface area contributed by atoms with Crippen molar-refractivity contribution in [2.24, 2.45) is 0 Å². The molecule has 7 nitrogen and oxygen atoms in total. The highest BCUT2D eigenvalue weighted by Gasteiger charge is 2.32. The summed E-state index contributed by atoms with van der Waals surface area (Å²) in [5.74, 6) is -0.343. The topological polar surface area (TPSA) is 93.5 Å². The third-order valence-corrected chi connectivity index (χ3v) is 10.0. The number of anilines is 1. The van der Waals surface area contributed by atoms with E-state index in [2.05, 4.69) is 30.1 Å². The first-order valence-electron chi connectivity index (χ1n) is 12.0. The summed E-state index contributed by atoms with van der Waals surface area (Å²) >= 11 is 1.46. The molecule has 1 amide bonds. The highest BCUT2D eigenvalue weighted by atomic mass is 32.2. The van der Waals surface area contributed by atoms with Crippen LogP contribution in [0.3, 0.4) is 0 Å². The van der Waals surface area contributed by atoms with Crippen molar-refractivity contribution in [3.8, 4) is 6.07 Å². The number of piperidine rings is 1. The Hall–Kier alpha value is -2.25.